The van der Waals surface area contributed by atoms with E-state index in [1.807, 2.05) is 13.0 Å². The highest BCUT2D eigenvalue weighted by Gasteiger charge is 2.24. The van der Waals surface area contributed by atoms with Gasteiger partial charge in [0.25, 0.3) is 5.56 Å². The summed E-state index contributed by atoms with van der Waals surface area (Å²) in [7, 11) is 0. The van der Waals surface area contributed by atoms with Gasteiger partial charge in [-0.1, -0.05) is 31.0 Å². The number of hydrogen-bond donors (Lipinski definition) is 1. The van der Waals surface area contributed by atoms with Gasteiger partial charge in [-0.15, -0.1) is 0 Å². The first-order valence-corrected chi connectivity index (χ1v) is 10.9. The second-order valence-electron chi connectivity index (χ2n) is 6.76. The summed E-state index contributed by atoms with van der Waals surface area (Å²) in [6, 6.07) is 6.87. The molecule has 1 aliphatic carbocycles. The van der Waals surface area contributed by atoms with Crippen molar-refractivity contribution < 1.29 is 14.3 Å². The molecule has 8 heteroatoms. The van der Waals surface area contributed by atoms with Gasteiger partial charge in [0.1, 0.15) is 11.6 Å². The fraction of sp³-hybridized carbons (Fsp3) is 0.429. The SMILES string of the molecule is CCOc1cc(-c2nc(SC)[nH]c(=O)c2C#N)ccc1OC(=O)C1CCCCC1. The molecule has 0 unspecified atom stereocenters. The van der Waals surface area contributed by atoms with Gasteiger partial charge in [0.15, 0.2) is 16.7 Å². The van der Waals surface area contributed by atoms with Crippen molar-refractivity contribution in [2.75, 3.05) is 12.9 Å². The zero-order valence-electron chi connectivity index (χ0n) is 16.5. The summed E-state index contributed by atoms with van der Waals surface area (Å²) in [5, 5.41) is 9.81. The summed E-state index contributed by atoms with van der Waals surface area (Å²) in [5.41, 5.74) is 0.250. The van der Waals surface area contributed by atoms with E-state index in [1.165, 1.54) is 11.8 Å². The predicted molar refractivity (Wildman–Crippen MR) is 110 cm³/mol. The number of aromatic nitrogens is 2. The molecule has 1 N–H and O–H groups in total. The standard InChI is InChI=1S/C21H23N3O4S/c1-3-27-17-11-14(18-15(12-22)19(25)24-21(23-18)29-2)9-10-16(17)28-20(26)13-7-5-4-6-8-13/h9-11,13H,3-8H2,1-2H3,(H,23,24,25). The molecule has 0 atom stereocenters. The molecular weight excluding hydrogens is 390 g/mol. The number of aromatic amines is 1. The molecule has 0 radical (unpaired) electrons. The maximum Gasteiger partial charge on any atom is 0.314 e. The monoisotopic (exact) mass is 413 g/mol. The lowest BCUT2D eigenvalue weighted by atomic mass is 9.89. The second-order valence-corrected chi connectivity index (χ2v) is 7.56. The third kappa shape index (κ3) is 4.80. The van der Waals surface area contributed by atoms with E-state index in [0.29, 0.717) is 28.8 Å². The minimum Gasteiger partial charge on any atom is -0.490 e. The Balaban J connectivity index is 1.96. The van der Waals surface area contributed by atoms with E-state index in [2.05, 4.69) is 9.97 Å². The molecule has 1 saturated carbocycles. The highest BCUT2D eigenvalue weighted by atomic mass is 32.2. The number of thioether (sulfide) groups is 1. The van der Waals surface area contributed by atoms with Crippen molar-refractivity contribution in [1.29, 1.82) is 5.26 Å². The summed E-state index contributed by atoms with van der Waals surface area (Å²) < 4.78 is 11.3. The minimum atomic E-state index is -0.493. The molecule has 1 fully saturated rings. The van der Waals surface area contributed by atoms with Crippen molar-refractivity contribution in [2.45, 2.75) is 44.2 Å². The maximum atomic E-state index is 12.5. The number of ether oxygens (including phenoxy) is 2. The molecule has 2 aromatic rings. The van der Waals surface area contributed by atoms with Crippen LogP contribution in [0.3, 0.4) is 0 Å². The summed E-state index contributed by atoms with van der Waals surface area (Å²) in [6.45, 7) is 2.21. The molecular formula is C21H23N3O4S. The van der Waals surface area contributed by atoms with Crippen LogP contribution in [0.5, 0.6) is 11.5 Å². The van der Waals surface area contributed by atoms with E-state index in [0.717, 1.165) is 32.1 Å². The van der Waals surface area contributed by atoms with Crippen molar-refractivity contribution in [3.8, 4) is 28.8 Å². The molecule has 0 bridgehead atoms. The van der Waals surface area contributed by atoms with E-state index in [9.17, 15) is 14.9 Å². The largest absolute Gasteiger partial charge is 0.490 e. The van der Waals surface area contributed by atoms with Crippen LogP contribution in [0.2, 0.25) is 0 Å². The van der Waals surface area contributed by atoms with Crippen molar-refractivity contribution in [3.05, 3.63) is 34.1 Å². The third-order valence-corrected chi connectivity index (χ3v) is 5.45. The molecule has 1 heterocycles. The Hall–Kier alpha value is -2.79. The Morgan fingerprint density at radius 1 is 1.31 bits per heavy atom. The molecule has 7 nitrogen and oxygen atoms in total. The van der Waals surface area contributed by atoms with Crippen LogP contribution in [0.1, 0.15) is 44.6 Å². The van der Waals surface area contributed by atoms with Crippen LogP contribution in [0, 0.1) is 17.2 Å². The minimum absolute atomic E-state index is 0.0720. The lowest BCUT2D eigenvalue weighted by Gasteiger charge is -2.20. The number of benzene rings is 1. The van der Waals surface area contributed by atoms with Gasteiger partial charge in [-0.2, -0.15) is 5.26 Å². The van der Waals surface area contributed by atoms with Crippen LogP contribution in [0.4, 0.5) is 0 Å². The molecule has 0 spiro atoms. The van der Waals surface area contributed by atoms with Gasteiger partial charge < -0.3 is 14.5 Å². The first-order valence-electron chi connectivity index (χ1n) is 9.64. The molecule has 0 aliphatic heterocycles. The van der Waals surface area contributed by atoms with Crippen LogP contribution in [0.25, 0.3) is 11.3 Å². The lowest BCUT2D eigenvalue weighted by molar-refractivity contribution is -0.140. The smallest absolute Gasteiger partial charge is 0.314 e. The summed E-state index contributed by atoms with van der Waals surface area (Å²) >= 11 is 1.28. The number of nitriles is 1. The highest BCUT2D eigenvalue weighted by Crippen LogP contribution is 2.35. The maximum absolute atomic E-state index is 12.5. The van der Waals surface area contributed by atoms with E-state index < -0.39 is 5.56 Å². The van der Waals surface area contributed by atoms with Crippen LogP contribution in [-0.4, -0.2) is 28.8 Å². The van der Waals surface area contributed by atoms with Gasteiger partial charge in [-0.3, -0.25) is 9.59 Å². The Labute approximate surface area is 173 Å². The normalized spacial score (nSPS) is 14.2. The summed E-state index contributed by atoms with van der Waals surface area (Å²) in [6.07, 6.45) is 6.72. The molecule has 0 saturated heterocycles. The predicted octanol–water partition coefficient (Wildman–Crippen LogP) is 3.91. The Morgan fingerprint density at radius 3 is 2.72 bits per heavy atom. The Kier molecular flexibility index (Phi) is 6.94. The van der Waals surface area contributed by atoms with Crippen molar-refractivity contribution >= 4 is 17.7 Å². The number of H-pyrrole nitrogens is 1. The average Bonchev–Trinajstić information content (AvgIpc) is 2.75. The molecule has 1 aromatic heterocycles. The first kappa shape index (κ1) is 20.9. The van der Waals surface area contributed by atoms with Crippen LogP contribution >= 0.6 is 11.8 Å². The van der Waals surface area contributed by atoms with E-state index in [-0.39, 0.29) is 23.1 Å². The number of carbonyl (C=O) groups excluding carboxylic acids is 1. The number of nitrogens with zero attached hydrogens (tertiary/aromatic N) is 2. The van der Waals surface area contributed by atoms with E-state index in [1.54, 1.807) is 24.5 Å². The number of carbonyl (C=O) groups is 1. The first-order chi connectivity index (χ1) is 14.1. The zero-order chi connectivity index (χ0) is 20.8. The molecule has 152 valence electrons. The fourth-order valence-corrected chi connectivity index (χ4v) is 3.78. The summed E-state index contributed by atoms with van der Waals surface area (Å²) in [4.78, 5) is 31.7. The molecule has 3 rings (SSSR count). The average molecular weight is 413 g/mol. The van der Waals surface area contributed by atoms with Crippen LogP contribution in [0.15, 0.2) is 28.2 Å². The lowest BCUT2D eigenvalue weighted by Crippen LogP contribution is -2.23. The second kappa shape index (κ2) is 9.61. The van der Waals surface area contributed by atoms with Crippen molar-refractivity contribution in [3.63, 3.8) is 0 Å². The topological polar surface area (TPSA) is 105 Å². The Morgan fingerprint density at radius 2 is 2.07 bits per heavy atom. The van der Waals surface area contributed by atoms with Gasteiger partial charge in [0.2, 0.25) is 0 Å². The Bertz CT molecular complexity index is 990. The number of esters is 1. The summed E-state index contributed by atoms with van der Waals surface area (Å²) in [5.74, 6) is 0.391. The van der Waals surface area contributed by atoms with Gasteiger partial charge in [0.05, 0.1) is 18.2 Å². The fourth-order valence-electron chi connectivity index (χ4n) is 3.40. The number of hydrogen-bond acceptors (Lipinski definition) is 7. The van der Waals surface area contributed by atoms with E-state index in [4.69, 9.17) is 9.47 Å². The van der Waals surface area contributed by atoms with E-state index >= 15 is 0 Å². The third-order valence-electron chi connectivity index (χ3n) is 4.87. The van der Waals surface area contributed by atoms with Gasteiger partial charge >= 0.3 is 5.97 Å². The van der Waals surface area contributed by atoms with Crippen molar-refractivity contribution in [1.82, 2.24) is 9.97 Å². The van der Waals surface area contributed by atoms with Gasteiger partial charge in [-0.05, 0) is 44.2 Å². The number of rotatable bonds is 6. The van der Waals surface area contributed by atoms with Crippen LogP contribution in [-0.2, 0) is 4.79 Å². The van der Waals surface area contributed by atoms with Crippen molar-refractivity contribution in [2.24, 2.45) is 5.92 Å². The molecule has 29 heavy (non-hydrogen) atoms. The molecule has 1 aromatic carbocycles. The zero-order valence-corrected chi connectivity index (χ0v) is 17.3. The quantitative estimate of drug-likeness (QED) is 0.331. The van der Waals surface area contributed by atoms with Gasteiger partial charge in [0, 0.05) is 5.56 Å². The number of nitrogens with one attached hydrogen (secondary N) is 1. The molecule has 0 amide bonds. The van der Waals surface area contributed by atoms with Crippen LogP contribution < -0.4 is 15.0 Å². The highest BCUT2D eigenvalue weighted by molar-refractivity contribution is 7.98. The molecule has 1 aliphatic rings. The van der Waals surface area contributed by atoms with Gasteiger partial charge in [-0.25, -0.2) is 4.98 Å².